The van der Waals surface area contributed by atoms with Gasteiger partial charge in [-0.25, -0.2) is 0 Å². The highest BCUT2D eigenvalue weighted by molar-refractivity contribution is 6.80. The van der Waals surface area contributed by atoms with E-state index in [0.29, 0.717) is 0 Å². The van der Waals surface area contributed by atoms with Gasteiger partial charge >= 0.3 is 0 Å². The van der Waals surface area contributed by atoms with Crippen LogP contribution in [-0.4, -0.2) is 8.07 Å². The van der Waals surface area contributed by atoms with Crippen LogP contribution in [0.4, 0.5) is 0 Å². The van der Waals surface area contributed by atoms with Crippen molar-refractivity contribution in [2.24, 2.45) is 59.2 Å². The molecule has 7 aliphatic carbocycles. The molecule has 12 atom stereocenters. The van der Waals surface area contributed by atoms with E-state index in [-0.39, 0.29) is 0 Å². The van der Waals surface area contributed by atoms with E-state index in [1.165, 1.54) is 28.8 Å². The molecular weight excluding hydrogens is 412 g/mol. The third-order valence-electron chi connectivity index (χ3n) is 14.1. The summed E-state index contributed by atoms with van der Waals surface area (Å²) in [5.41, 5.74) is 2.41. The predicted octanol–water partition coefficient (Wildman–Crippen LogP) is 9.71. The molecule has 0 radical (unpaired) electrons. The Bertz CT molecular complexity index is 711. The maximum atomic E-state index is 3.00. The van der Waals surface area contributed by atoms with Crippen molar-refractivity contribution < 1.29 is 0 Å². The van der Waals surface area contributed by atoms with Crippen LogP contribution in [0.25, 0.3) is 0 Å². The van der Waals surface area contributed by atoms with Crippen molar-refractivity contribution in [2.75, 3.05) is 0 Å². The molecule has 0 spiro atoms. The molecule has 1 heteroatoms. The van der Waals surface area contributed by atoms with E-state index < -0.39 is 8.07 Å². The van der Waals surface area contributed by atoms with Crippen molar-refractivity contribution in [1.82, 2.24) is 0 Å². The number of rotatable bonds is 2. The molecule has 7 fully saturated rings. The molecule has 0 heterocycles. The SMILES string of the molecule is C[Si](C)(C1CCC2CCCCC21)C1C2CCCCC2C2C3CCCCC3C3CCCCC3C21. The molecule has 186 valence electrons. The van der Waals surface area contributed by atoms with Crippen LogP contribution in [0.2, 0.25) is 24.2 Å². The quantitative estimate of drug-likeness (QED) is 0.355. The van der Waals surface area contributed by atoms with Crippen molar-refractivity contribution in [3.63, 3.8) is 0 Å². The summed E-state index contributed by atoms with van der Waals surface area (Å²) in [7, 11) is -1.29. The molecule has 33 heavy (non-hydrogen) atoms. The van der Waals surface area contributed by atoms with Crippen LogP contribution in [0.1, 0.15) is 116 Å². The van der Waals surface area contributed by atoms with Gasteiger partial charge < -0.3 is 0 Å². The lowest BCUT2D eigenvalue weighted by atomic mass is 9.50. The van der Waals surface area contributed by atoms with Gasteiger partial charge in [-0.3, -0.25) is 0 Å². The van der Waals surface area contributed by atoms with Crippen LogP contribution in [0.3, 0.4) is 0 Å². The van der Waals surface area contributed by atoms with Gasteiger partial charge in [0.15, 0.2) is 0 Å². The normalized spacial score (nSPS) is 54.0. The zero-order valence-corrected chi connectivity index (χ0v) is 23.2. The van der Waals surface area contributed by atoms with Gasteiger partial charge in [0.1, 0.15) is 0 Å². The number of hydrogen-bond donors (Lipinski definition) is 0. The minimum Gasteiger partial charge on any atom is -0.0689 e. The van der Waals surface area contributed by atoms with Crippen molar-refractivity contribution >= 4 is 8.07 Å². The highest BCUT2D eigenvalue weighted by Gasteiger charge is 2.65. The second-order valence-corrected chi connectivity index (χ2v) is 20.3. The Kier molecular flexibility index (Phi) is 5.88. The fourth-order valence-corrected chi connectivity index (χ4v) is 19.3. The summed E-state index contributed by atoms with van der Waals surface area (Å²) in [6.45, 7) is 6.00. The van der Waals surface area contributed by atoms with Gasteiger partial charge in [0.05, 0.1) is 8.07 Å². The van der Waals surface area contributed by atoms with Crippen LogP contribution in [0.15, 0.2) is 0 Å². The van der Waals surface area contributed by atoms with Crippen LogP contribution >= 0.6 is 0 Å². The first-order chi connectivity index (χ1) is 16.2. The van der Waals surface area contributed by atoms with E-state index >= 15 is 0 Å². The zero-order chi connectivity index (χ0) is 22.2. The topological polar surface area (TPSA) is 0 Å². The fourth-order valence-electron chi connectivity index (χ4n) is 13.4. The summed E-state index contributed by atoms with van der Waals surface area (Å²) >= 11 is 0. The Hall–Kier alpha value is 0.217. The zero-order valence-electron chi connectivity index (χ0n) is 22.2. The van der Waals surface area contributed by atoms with Crippen molar-refractivity contribution in [2.45, 2.75) is 140 Å². The molecule has 0 aromatic carbocycles. The lowest BCUT2D eigenvalue weighted by molar-refractivity contribution is -0.0636. The molecule has 0 nitrogen and oxygen atoms in total. The van der Waals surface area contributed by atoms with Gasteiger partial charge in [0, 0.05) is 0 Å². The van der Waals surface area contributed by atoms with Crippen LogP contribution in [-0.2, 0) is 0 Å². The summed E-state index contributed by atoms with van der Waals surface area (Å²) in [6, 6.07) is 0. The molecule has 0 bridgehead atoms. The Morgan fingerprint density at radius 1 is 0.394 bits per heavy atom. The molecule has 0 N–H and O–H groups in total. The number of hydrogen-bond acceptors (Lipinski definition) is 0. The van der Waals surface area contributed by atoms with Crippen molar-refractivity contribution in [3.05, 3.63) is 0 Å². The minimum atomic E-state index is -1.29. The lowest BCUT2D eigenvalue weighted by Crippen LogP contribution is -2.52. The average Bonchev–Trinajstić information content (AvgIpc) is 3.45. The fraction of sp³-hybridized carbons (Fsp3) is 1.00. The van der Waals surface area contributed by atoms with Crippen LogP contribution < -0.4 is 0 Å². The van der Waals surface area contributed by atoms with Gasteiger partial charge in [0.2, 0.25) is 0 Å². The maximum absolute atomic E-state index is 3.00. The van der Waals surface area contributed by atoms with Gasteiger partial charge in [0.25, 0.3) is 0 Å². The second-order valence-electron chi connectivity index (χ2n) is 15.2. The Morgan fingerprint density at radius 2 is 0.848 bits per heavy atom. The van der Waals surface area contributed by atoms with Crippen molar-refractivity contribution in [3.8, 4) is 0 Å². The minimum absolute atomic E-state index is 1.14. The molecule has 0 amide bonds. The van der Waals surface area contributed by atoms with Gasteiger partial charge in [-0.05, 0) is 102 Å². The highest BCUT2D eigenvalue weighted by atomic mass is 28.3. The first kappa shape index (κ1) is 22.4. The Morgan fingerprint density at radius 3 is 1.48 bits per heavy atom. The first-order valence-corrected chi connectivity index (χ1v) is 19.3. The lowest BCUT2D eigenvalue weighted by Gasteiger charge is -2.57. The first-order valence-electron chi connectivity index (χ1n) is 16.2. The highest BCUT2D eigenvalue weighted by Crippen LogP contribution is 2.72. The van der Waals surface area contributed by atoms with Crippen molar-refractivity contribution in [1.29, 1.82) is 0 Å². The van der Waals surface area contributed by atoms with Crippen LogP contribution in [0.5, 0.6) is 0 Å². The molecule has 0 saturated heterocycles. The average molecular weight is 467 g/mol. The summed E-state index contributed by atoms with van der Waals surface area (Å²) < 4.78 is 0. The summed E-state index contributed by atoms with van der Waals surface area (Å²) in [5, 5.41) is 0. The molecule has 0 aliphatic heterocycles. The number of fused-ring (bicyclic) bond motifs is 9. The van der Waals surface area contributed by atoms with E-state index in [1.54, 1.807) is 116 Å². The third-order valence-corrected chi connectivity index (χ3v) is 19.3. The third kappa shape index (κ3) is 3.39. The molecule has 7 aliphatic rings. The molecular formula is C32H54Si. The van der Waals surface area contributed by atoms with E-state index in [4.69, 9.17) is 0 Å². The smallest absolute Gasteiger partial charge is 0.0544 e. The predicted molar refractivity (Wildman–Crippen MR) is 143 cm³/mol. The Balaban J connectivity index is 1.29. The molecule has 0 aromatic heterocycles. The molecule has 7 rings (SSSR count). The van der Waals surface area contributed by atoms with E-state index in [0.717, 1.165) is 41.4 Å². The summed E-state index contributed by atoms with van der Waals surface area (Å²) in [4.78, 5) is 0. The van der Waals surface area contributed by atoms with E-state index in [9.17, 15) is 0 Å². The van der Waals surface area contributed by atoms with Gasteiger partial charge in [-0.1, -0.05) is 96.6 Å². The van der Waals surface area contributed by atoms with Gasteiger partial charge in [-0.15, -0.1) is 0 Å². The standard InChI is InChI=1S/C32H54Si/c1-33(2,29-20-19-21-11-3-4-12-22(21)29)32-28-18-10-9-17-27(28)30-25-15-7-5-13-23(25)24-14-6-8-16-26(24)31(30)32/h21-32H,3-20H2,1-2H3. The summed E-state index contributed by atoms with van der Waals surface area (Å²) in [6.07, 6.45) is 28.9. The summed E-state index contributed by atoms with van der Waals surface area (Å²) in [5.74, 6) is 11.6. The van der Waals surface area contributed by atoms with E-state index in [1.807, 2.05) is 0 Å². The molecule has 0 aromatic rings. The van der Waals surface area contributed by atoms with E-state index in [2.05, 4.69) is 13.1 Å². The monoisotopic (exact) mass is 466 g/mol. The maximum Gasteiger partial charge on any atom is 0.0544 e. The Labute approximate surface area is 206 Å². The molecule has 7 saturated carbocycles. The molecule has 12 unspecified atom stereocenters. The van der Waals surface area contributed by atoms with Gasteiger partial charge in [-0.2, -0.15) is 0 Å². The second kappa shape index (κ2) is 8.66. The van der Waals surface area contributed by atoms with Crippen LogP contribution in [0, 0.1) is 59.2 Å². The largest absolute Gasteiger partial charge is 0.0689 e.